The van der Waals surface area contributed by atoms with Crippen LogP contribution in [-0.4, -0.2) is 69.2 Å². The first-order valence-electron chi connectivity index (χ1n) is 15.3. The third-order valence-corrected chi connectivity index (χ3v) is 7.47. The number of hydrogen-bond donors (Lipinski definition) is 2. The van der Waals surface area contributed by atoms with Gasteiger partial charge in [-0.15, -0.1) is 39.9 Å². The lowest BCUT2D eigenvalue weighted by Gasteiger charge is -2.15. The Hall–Kier alpha value is -6.96. The van der Waals surface area contributed by atoms with Crippen molar-refractivity contribution >= 4 is 40.0 Å². The third-order valence-electron chi connectivity index (χ3n) is 7.47. The van der Waals surface area contributed by atoms with E-state index in [1.807, 2.05) is 55.4 Å². The topological polar surface area (TPSA) is 231 Å². The summed E-state index contributed by atoms with van der Waals surface area (Å²) >= 11 is 0. The maximum absolute atomic E-state index is 9.92. The second kappa shape index (κ2) is 11.3. The monoisotopic (exact) mass is 670 g/mol. The van der Waals surface area contributed by atoms with E-state index >= 15 is 0 Å². The molecule has 0 aromatic carbocycles. The van der Waals surface area contributed by atoms with Crippen molar-refractivity contribution in [3.8, 4) is 17.7 Å². The lowest BCUT2D eigenvalue weighted by molar-refractivity contribution is 0.556. The molecular formula is C30H30N20. The Labute approximate surface area is 283 Å². The van der Waals surface area contributed by atoms with Gasteiger partial charge in [-0.2, -0.15) is 30.3 Å². The Morgan fingerprint density at radius 1 is 0.740 bits per heavy atom. The van der Waals surface area contributed by atoms with Gasteiger partial charge in [-0.1, -0.05) is 41.5 Å². The quantitative estimate of drug-likeness (QED) is 0.154. The molecule has 50 heavy (non-hydrogen) atoms. The first-order valence-corrected chi connectivity index (χ1v) is 15.3. The number of nitrogens with one attached hydrogen (secondary N) is 2. The van der Waals surface area contributed by atoms with E-state index in [9.17, 15) is 5.26 Å². The van der Waals surface area contributed by atoms with Crippen molar-refractivity contribution in [1.29, 1.82) is 5.26 Å². The van der Waals surface area contributed by atoms with Crippen molar-refractivity contribution in [1.82, 2.24) is 69.2 Å². The van der Waals surface area contributed by atoms with E-state index in [0.717, 1.165) is 0 Å². The molecule has 0 amide bonds. The fourth-order valence-electron chi connectivity index (χ4n) is 5.16. The highest BCUT2D eigenvalue weighted by Gasteiger charge is 2.28. The summed E-state index contributed by atoms with van der Waals surface area (Å²) in [7, 11) is 0. The van der Waals surface area contributed by atoms with Gasteiger partial charge in [-0.3, -0.25) is 0 Å². The van der Waals surface area contributed by atoms with Crippen molar-refractivity contribution in [2.75, 3.05) is 0 Å². The summed E-state index contributed by atoms with van der Waals surface area (Å²) in [5, 5.41) is 54.7. The minimum Gasteiger partial charge on any atom is -0.324 e. The van der Waals surface area contributed by atoms with Gasteiger partial charge in [0.2, 0.25) is 0 Å². The van der Waals surface area contributed by atoms with Gasteiger partial charge < -0.3 is 9.97 Å². The Kier molecular flexibility index (Phi) is 7.17. The standard InChI is InChI=1S/C30H30N20/c1-15-37-27-21(23(29(3,4)5)45-49(27)43-15)39-41-25-17(11-31)12-35-47(25)19-10-20(34-14-33-19)48-26(18(32-9)13-36-48)42-40-22-24(30(6,7)8)46-50-28(22)38-16(2)44-50/h10,12-14H,1-8H3,(H,37,43)(H,38,44)/b41-39+,42-40+. The molecule has 20 heteroatoms. The average Bonchev–Trinajstić information content (AvgIpc) is 3.89. The van der Waals surface area contributed by atoms with E-state index in [0.29, 0.717) is 45.7 Å². The molecule has 0 spiro atoms. The van der Waals surface area contributed by atoms with Crippen molar-refractivity contribution in [2.24, 2.45) is 20.5 Å². The Balaban J connectivity index is 1.30. The van der Waals surface area contributed by atoms with Crippen molar-refractivity contribution in [3.63, 3.8) is 0 Å². The Morgan fingerprint density at radius 2 is 1.24 bits per heavy atom. The molecule has 7 rings (SSSR count). The minimum atomic E-state index is -0.380. The zero-order chi connectivity index (χ0) is 35.5. The average molecular weight is 671 g/mol. The maximum atomic E-state index is 9.92. The normalized spacial score (nSPS) is 12.6. The number of nitriles is 1. The molecule has 20 nitrogen and oxygen atoms in total. The highest BCUT2D eigenvalue weighted by atomic mass is 15.5. The summed E-state index contributed by atoms with van der Waals surface area (Å²) < 4.78 is 5.70. The molecule has 7 aromatic rings. The van der Waals surface area contributed by atoms with Gasteiger partial charge in [-0.05, 0) is 13.8 Å². The van der Waals surface area contributed by atoms with Crippen LogP contribution in [0.3, 0.4) is 0 Å². The molecule has 7 heterocycles. The number of azo groups is 2. The Morgan fingerprint density at radius 3 is 1.74 bits per heavy atom. The van der Waals surface area contributed by atoms with Gasteiger partial charge in [0.1, 0.15) is 29.6 Å². The zero-order valence-electron chi connectivity index (χ0n) is 28.4. The highest BCUT2D eigenvalue weighted by molar-refractivity contribution is 5.70. The van der Waals surface area contributed by atoms with Gasteiger partial charge in [-0.25, -0.2) is 19.5 Å². The van der Waals surface area contributed by atoms with Crippen LogP contribution in [0, 0.1) is 31.8 Å². The van der Waals surface area contributed by atoms with Gasteiger partial charge >= 0.3 is 0 Å². The van der Waals surface area contributed by atoms with E-state index in [1.165, 1.54) is 37.3 Å². The van der Waals surface area contributed by atoms with E-state index < -0.39 is 0 Å². The first-order chi connectivity index (χ1) is 23.8. The molecule has 0 saturated heterocycles. The molecule has 0 radical (unpaired) electrons. The molecule has 0 fully saturated rings. The van der Waals surface area contributed by atoms with E-state index in [1.54, 1.807) is 6.07 Å². The van der Waals surface area contributed by atoms with Crippen LogP contribution in [-0.2, 0) is 10.8 Å². The predicted molar refractivity (Wildman–Crippen MR) is 177 cm³/mol. The molecule has 0 unspecified atom stereocenters. The highest BCUT2D eigenvalue weighted by Crippen LogP contribution is 2.38. The number of nitrogens with zero attached hydrogens (tertiary/aromatic N) is 18. The largest absolute Gasteiger partial charge is 0.324 e. The lowest BCUT2D eigenvalue weighted by Crippen LogP contribution is -2.12. The summed E-state index contributed by atoms with van der Waals surface area (Å²) in [6, 6.07) is 3.68. The summed E-state index contributed by atoms with van der Waals surface area (Å²) in [6.45, 7) is 23.4. The van der Waals surface area contributed by atoms with Crippen molar-refractivity contribution in [3.05, 3.63) is 64.8 Å². The van der Waals surface area contributed by atoms with Crippen LogP contribution in [0.5, 0.6) is 0 Å². The van der Waals surface area contributed by atoms with E-state index in [4.69, 9.17) is 6.57 Å². The number of aryl methyl sites for hydroxylation is 2. The van der Waals surface area contributed by atoms with Gasteiger partial charge in [0.25, 0.3) is 5.69 Å². The molecule has 0 saturated carbocycles. The van der Waals surface area contributed by atoms with Crippen LogP contribution in [0.2, 0.25) is 0 Å². The third kappa shape index (κ3) is 5.34. The molecule has 2 N–H and O–H groups in total. The number of rotatable bonds is 6. The van der Waals surface area contributed by atoms with E-state index in [2.05, 4.69) is 81.9 Å². The summed E-state index contributed by atoms with van der Waals surface area (Å²) in [5.74, 6) is 2.09. The first kappa shape index (κ1) is 31.6. The van der Waals surface area contributed by atoms with Gasteiger partial charge in [0.05, 0.1) is 30.4 Å². The molecule has 0 aliphatic carbocycles. The zero-order valence-corrected chi connectivity index (χ0v) is 28.4. The van der Waals surface area contributed by atoms with Gasteiger partial charge in [0, 0.05) is 16.9 Å². The minimum absolute atomic E-state index is 0.129. The van der Waals surface area contributed by atoms with Crippen LogP contribution < -0.4 is 0 Å². The molecule has 0 atom stereocenters. The second-order valence-electron chi connectivity index (χ2n) is 13.4. The predicted octanol–water partition coefficient (Wildman–Crippen LogP) is 6.05. The van der Waals surface area contributed by atoms with Crippen LogP contribution in [0.1, 0.15) is 70.1 Å². The van der Waals surface area contributed by atoms with Crippen molar-refractivity contribution in [2.45, 2.75) is 66.2 Å². The number of hydrogen-bond acceptors (Lipinski definition) is 13. The SMILES string of the molecule is [C-]#[N+]c1cnn(-c2cc(-n3ncc(C#N)c3/N=N/c3c(C(C)(C)C)nn4nc(C)[nH]c34)ncn2)c1/N=N/c1c(C(C)(C)C)nn2nc(C)[nH]c12. The second-order valence-corrected chi connectivity index (χ2v) is 13.4. The van der Waals surface area contributed by atoms with Crippen LogP contribution in [0.15, 0.2) is 45.2 Å². The number of aromatic amines is 2. The molecule has 0 aliphatic rings. The maximum Gasteiger partial charge on any atom is 0.252 e. The lowest BCUT2D eigenvalue weighted by atomic mass is 9.91. The number of fused-ring (bicyclic) bond motifs is 2. The molecule has 0 bridgehead atoms. The van der Waals surface area contributed by atoms with Crippen molar-refractivity contribution < 1.29 is 0 Å². The van der Waals surface area contributed by atoms with Gasteiger partial charge in [0.15, 0.2) is 45.9 Å². The molecular weight excluding hydrogens is 640 g/mol. The summed E-state index contributed by atoms with van der Waals surface area (Å²) in [5.41, 5.74) is 2.98. The van der Waals surface area contributed by atoms with Crippen LogP contribution in [0.4, 0.5) is 28.7 Å². The van der Waals surface area contributed by atoms with Crippen LogP contribution >= 0.6 is 0 Å². The summed E-state index contributed by atoms with van der Waals surface area (Å²) in [6.07, 6.45) is 4.05. The number of H-pyrrole nitrogens is 2. The molecule has 7 aromatic heterocycles. The fourth-order valence-corrected chi connectivity index (χ4v) is 5.16. The molecule has 0 aliphatic heterocycles. The number of aromatic nitrogens is 14. The fraction of sp³-hybridized carbons (Fsp3) is 0.333. The van der Waals surface area contributed by atoms with Crippen LogP contribution in [0.25, 0.3) is 27.8 Å². The smallest absolute Gasteiger partial charge is 0.252 e. The van der Waals surface area contributed by atoms with E-state index in [-0.39, 0.29) is 45.4 Å². The summed E-state index contributed by atoms with van der Waals surface area (Å²) in [4.78, 5) is 18.7. The molecule has 250 valence electrons. The Bertz CT molecular complexity index is 2390.